The third kappa shape index (κ3) is 24.9. The zero-order valence-corrected chi connectivity index (χ0v) is 92.5. The van der Waals surface area contributed by atoms with E-state index in [0.29, 0.717) is 109 Å². The average Bonchev–Trinajstić information content (AvgIpc) is 1.45. The number of nitrogens with zero attached hydrogens (tertiary/aromatic N) is 10. The zero-order chi connectivity index (χ0) is 86.3. The molecule has 0 unspecified atom stereocenters. The second-order valence-electron chi connectivity index (χ2n) is 33.3. The molecule has 0 bridgehead atoms. The molecule has 125 heavy (non-hydrogen) atoms. The number of nitrogens with one attached hydrogen (secondary N) is 2. The van der Waals surface area contributed by atoms with E-state index in [9.17, 15) is 101 Å². The monoisotopic (exact) mass is 1950 g/mol. The number of carboxylic acid groups (broad SMARTS) is 1. The van der Waals surface area contributed by atoms with Crippen LogP contribution >= 0.6 is 0 Å². The van der Waals surface area contributed by atoms with Crippen LogP contribution in [0.3, 0.4) is 0 Å². The van der Waals surface area contributed by atoms with Gasteiger partial charge in [-0.15, -0.1) is 0 Å². The molecule has 12 rings (SSSR count). The first-order chi connectivity index (χ1) is 55.7. The van der Waals surface area contributed by atoms with Gasteiger partial charge in [-0.05, 0) is 0 Å². The standard InChI is InChI=1S/C74H104N12O24S6Si3.6Na/c1-117(2,53-17-37-75-64(87)35-13-14-36-65(88)89)109-119(81-66-56-27-5-6-28-57(56)67(81)78-69-60-31-9-10-32-61(60)71(83(69)119)80-73-63-34-12-11-33-62(63)72(84(73)119)79-70-59-30-8-7-29-58(59)68(77-66)82(70)119)110-118(3,4)54-18-38-76-74(90)55(25-15-39-85(41-19-47-111(91,92)93,42-20-48-112(94,95)96)43-21-49-113(97,98)99)26-16-40-86(44-22-50-114(100,101)102,45-23-51-115(103,104)105)46-24-52-116(106,107)108;;;;;;/h5-12,27-34,55H,13-26,35-54H2,1-4H3,(H7-2,75,76,87,88,89,90,91,92,93,94,95,96,97,98,99,100,101,102,103,104,105,106,107,108);;;;;;/q;6*+1/p-5. The van der Waals surface area contributed by atoms with E-state index in [1.165, 1.54) is 0 Å². The van der Waals surface area contributed by atoms with Crippen molar-refractivity contribution in [2.75, 3.05) is 100.0 Å². The maximum absolute atomic E-state index is 15.6. The smallest absolute Gasteiger partial charge is 1.00 e. The average molecular weight is 1960 g/mol. The molecule has 1 spiro atoms. The number of carbonyl (C=O) groups excluding carboxylic acids is 3. The topological polar surface area (TPSA) is 525 Å². The second-order valence-corrected chi connectivity index (χ2v) is 56.7. The molecule has 0 atom stereocenters. The molecule has 51 heteroatoms. The van der Waals surface area contributed by atoms with Crippen molar-refractivity contribution in [3.63, 3.8) is 0 Å². The van der Waals surface area contributed by atoms with E-state index < -0.39 is 137 Å². The van der Waals surface area contributed by atoms with Crippen LogP contribution in [-0.2, 0) is 83.3 Å². The summed E-state index contributed by atoms with van der Waals surface area (Å²) >= 11 is 0. The molecule has 2 amide bonds. The van der Waals surface area contributed by atoms with E-state index >= 15 is 4.79 Å². The van der Waals surface area contributed by atoms with Crippen molar-refractivity contribution in [2.24, 2.45) is 25.9 Å². The number of aliphatic carboxylic acids is 1. The Labute approximate surface area is 864 Å². The molecule has 0 fully saturated rings. The van der Waals surface area contributed by atoms with Crippen molar-refractivity contribution < 1.29 is 300 Å². The fourth-order valence-electron chi connectivity index (χ4n) is 19.1. The van der Waals surface area contributed by atoms with E-state index in [4.69, 9.17) is 20.0 Å². The predicted molar refractivity (Wildman–Crippen MR) is 439 cm³/mol. The fraction of sp³-hybridized carbons (Fsp3) is 0.527. The predicted octanol–water partition coefficient (Wildman–Crippen LogP) is -15.5. The quantitative estimate of drug-likeness (QED) is 0.0155. The molecule has 0 saturated carbocycles. The Balaban J connectivity index is 0.00000402. The number of aliphatic imine (C=N–C) groups is 2. The van der Waals surface area contributed by atoms with E-state index in [0.717, 1.165) is 0 Å². The third-order valence-electron chi connectivity index (χ3n) is 23.6. The summed E-state index contributed by atoms with van der Waals surface area (Å²) in [5, 5.41) is 20.4. The summed E-state index contributed by atoms with van der Waals surface area (Å²) in [5.41, 5.74) is 3.80. The molecule has 0 radical (unpaired) electrons. The van der Waals surface area contributed by atoms with Crippen molar-refractivity contribution in [2.45, 2.75) is 141 Å². The summed E-state index contributed by atoms with van der Waals surface area (Å²) in [4.78, 5) is 63.5. The van der Waals surface area contributed by atoms with Gasteiger partial charge >= 0.3 is 615 Å². The van der Waals surface area contributed by atoms with Crippen LogP contribution in [0.25, 0.3) is 21.5 Å². The van der Waals surface area contributed by atoms with E-state index in [1.54, 1.807) is 0 Å². The largest absolute Gasteiger partial charge is 1.00 e. The molecule has 6 aliphatic rings. The number of carboxylic acids is 1. The van der Waals surface area contributed by atoms with E-state index in [2.05, 4.69) is 53.8 Å². The molecule has 36 nitrogen and oxygen atoms in total. The molecular weight excluding hydrogens is 1860 g/mol. The van der Waals surface area contributed by atoms with Gasteiger partial charge in [0.25, 0.3) is 0 Å². The number of hydrogen-bond acceptors (Lipinski definition) is 28. The van der Waals surface area contributed by atoms with Crippen LogP contribution in [0, 0.1) is 5.92 Å². The number of amidine groups is 4. The Kier molecular flexibility index (Phi) is 39.3. The van der Waals surface area contributed by atoms with Gasteiger partial charge in [0, 0.05) is 73.0 Å². The summed E-state index contributed by atoms with van der Waals surface area (Å²) in [6, 6.07) is 32.0. The minimum Gasteiger partial charge on any atom is 1.00 e. The molecular formula is C74H99N12Na6O24S6Si3+. The van der Waals surface area contributed by atoms with Gasteiger partial charge in [0.15, 0.2) is 0 Å². The Morgan fingerprint density at radius 2 is 0.712 bits per heavy atom. The van der Waals surface area contributed by atoms with Crippen LogP contribution < -0.4 is 204 Å². The van der Waals surface area contributed by atoms with E-state index in [-0.39, 0.29) is 354 Å². The molecule has 6 aliphatic heterocycles. The van der Waals surface area contributed by atoms with Crippen LogP contribution in [0.2, 0.25) is 38.3 Å². The van der Waals surface area contributed by atoms with Crippen molar-refractivity contribution in [3.05, 3.63) is 130 Å². The Morgan fingerprint density at radius 1 is 0.408 bits per heavy atom. The number of fused-ring (bicyclic) bond motifs is 12. The molecule has 6 aromatic rings. The first kappa shape index (κ1) is 112. The number of amides is 2. The van der Waals surface area contributed by atoms with Crippen molar-refractivity contribution in [3.8, 4) is 0 Å². The van der Waals surface area contributed by atoms with Gasteiger partial charge in [0.05, 0.1) is 100.0 Å². The molecule has 4 aromatic carbocycles. The van der Waals surface area contributed by atoms with Gasteiger partial charge in [-0.25, -0.2) is 50.5 Å². The van der Waals surface area contributed by atoms with Crippen LogP contribution in [0.5, 0.6) is 0 Å². The Hall–Kier alpha value is -1.40. The third-order valence-corrected chi connectivity index (χ3v) is 45.0. The number of carbonyl (C=O) groups is 3. The summed E-state index contributed by atoms with van der Waals surface area (Å²) in [5.74, 6) is -5.59. The first-order valence-electron chi connectivity index (χ1n) is 39.9. The van der Waals surface area contributed by atoms with Gasteiger partial charge in [-0.3, -0.25) is 0 Å². The number of rotatable bonds is 50. The normalized spacial score (nSPS) is 16.2. The molecule has 2 N–H and O–H groups in total. The molecule has 0 aliphatic carbocycles. The second kappa shape index (κ2) is 43.7. The van der Waals surface area contributed by atoms with Gasteiger partial charge in [-0.2, -0.15) is 0 Å². The molecule has 652 valence electrons. The van der Waals surface area contributed by atoms with Gasteiger partial charge in [0.1, 0.15) is 0 Å². The van der Waals surface area contributed by atoms with Crippen molar-refractivity contribution in [1.82, 2.24) is 19.1 Å². The molecule has 2 aromatic heterocycles. The van der Waals surface area contributed by atoms with Crippen LogP contribution in [0.15, 0.2) is 117 Å². The first-order valence-corrected chi connectivity index (χ1v) is 58.2. The van der Waals surface area contributed by atoms with Gasteiger partial charge < -0.3 is 37.2 Å². The minimum absolute atomic E-state index is 0. The van der Waals surface area contributed by atoms with Crippen LogP contribution in [0.1, 0.15) is 125 Å². The summed E-state index contributed by atoms with van der Waals surface area (Å²) in [6.45, 7) is 7.35. The number of quaternary nitrogens is 2. The molecule has 8 heterocycles. The van der Waals surface area contributed by atoms with Crippen molar-refractivity contribution in [1.29, 1.82) is 0 Å². The Bertz CT molecular complexity index is 5620. The minimum atomic E-state index is -7.36. The summed E-state index contributed by atoms with van der Waals surface area (Å²) in [7, 11) is -43.9. The maximum Gasteiger partial charge on any atom is 1.00 e. The van der Waals surface area contributed by atoms with Crippen molar-refractivity contribution >= 4 is 159 Å². The number of unbranched alkanes of at least 4 members (excludes halogenated alkanes) is 1. The van der Waals surface area contributed by atoms with Gasteiger partial charge in [-0.1, -0.05) is 0 Å². The maximum atomic E-state index is 15.6. The SMILES string of the molecule is C[Si](C)(CCCNC(=O)CCCCC(=O)[O-])O[Si-2]123(O[Si](C)(C)CCCNC(=O)C(CCC[N+](CCCS(=O)(=O)[O-])(CCCS(=O)(=O)[O-])CCCS(=O)(=O)[O-])CCC[N+](CCCS(=O)(=O)[O-])(CCCS(=O)(=O)[O-])CCCS(=O)(=O)[O-])n4c5c6ccccc6c4N=C4c6ccccc6C(=[N+]41)N=c1c4ccccc4c(n12)=NC1=[N+]3C(=N5)c2ccccc21.[Na+].[Na+].[Na+].[Na+].[Na+].[Na+]. The summed E-state index contributed by atoms with van der Waals surface area (Å²) < 4.78 is 244. The van der Waals surface area contributed by atoms with Gasteiger partial charge in [0.2, 0.25) is 0 Å². The number of hydrogen-bond donors (Lipinski definition) is 2. The Morgan fingerprint density at radius 3 is 1.05 bits per heavy atom. The number of benzene rings is 4. The van der Waals surface area contributed by atoms with Crippen LogP contribution in [0.4, 0.5) is 11.6 Å². The zero-order valence-electron chi connectivity index (χ0n) is 72.6. The van der Waals surface area contributed by atoms with Crippen LogP contribution in [-0.4, -0.2) is 269 Å². The fourth-order valence-corrected chi connectivity index (χ4v) is 44.2. The number of aromatic nitrogens is 2. The summed E-state index contributed by atoms with van der Waals surface area (Å²) in [6.07, 6.45) is -0.826. The molecule has 0 saturated heterocycles. The van der Waals surface area contributed by atoms with E-state index in [1.807, 2.05) is 97.1 Å².